The lowest BCUT2D eigenvalue weighted by Crippen LogP contribution is -2.17. The van der Waals surface area contributed by atoms with Crippen LogP contribution < -0.4 is 10.6 Å². The van der Waals surface area contributed by atoms with Crippen LogP contribution in [0.25, 0.3) is 0 Å². The maximum absolute atomic E-state index is 13.5. The summed E-state index contributed by atoms with van der Waals surface area (Å²) in [5, 5.41) is 4.98. The predicted molar refractivity (Wildman–Crippen MR) is 72.7 cm³/mol. The molecule has 0 saturated carbocycles. The third-order valence-electron chi connectivity index (χ3n) is 2.62. The molecule has 0 saturated heterocycles. The van der Waals surface area contributed by atoms with Crippen molar-refractivity contribution in [2.75, 3.05) is 17.2 Å². The van der Waals surface area contributed by atoms with Crippen molar-refractivity contribution in [3.05, 3.63) is 53.5 Å². The molecule has 0 unspecified atom stereocenters. The SMILES string of the molecule is CCNc1ncc(F)cc1C(=O)Nc1cc(F)ccc1F. The Kier molecular flexibility index (Phi) is 4.42. The Hall–Kier alpha value is -2.57. The number of carbonyl (C=O) groups is 1. The fraction of sp³-hybridized carbons (Fsp3) is 0.143. The molecule has 0 bridgehead atoms. The van der Waals surface area contributed by atoms with Gasteiger partial charge in [-0.3, -0.25) is 4.79 Å². The van der Waals surface area contributed by atoms with Gasteiger partial charge in [-0.05, 0) is 25.1 Å². The summed E-state index contributed by atoms with van der Waals surface area (Å²) in [6.07, 6.45) is 0.956. The number of benzene rings is 1. The monoisotopic (exact) mass is 295 g/mol. The quantitative estimate of drug-likeness (QED) is 0.911. The number of anilines is 2. The van der Waals surface area contributed by atoms with Crippen molar-refractivity contribution in [1.82, 2.24) is 4.98 Å². The third-order valence-corrected chi connectivity index (χ3v) is 2.62. The molecular formula is C14H12F3N3O. The van der Waals surface area contributed by atoms with Crippen LogP contribution in [-0.2, 0) is 0 Å². The Morgan fingerprint density at radius 1 is 1.19 bits per heavy atom. The standard InChI is InChI=1S/C14H12F3N3O/c1-2-18-13-10(5-9(16)7-19-13)14(21)20-12-6-8(15)3-4-11(12)17/h3-7H,2H2,1H3,(H,18,19)(H,20,21). The molecule has 0 fully saturated rings. The average molecular weight is 295 g/mol. The first-order chi connectivity index (χ1) is 10.0. The first-order valence-corrected chi connectivity index (χ1v) is 6.17. The molecule has 2 N–H and O–H groups in total. The normalized spacial score (nSPS) is 10.3. The molecule has 0 radical (unpaired) electrons. The number of aromatic nitrogens is 1. The molecule has 0 aliphatic carbocycles. The van der Waals surface area contributed by atoms with Gasteiger partial charge in [-0.25, -0.2) is 18.2 Å². The summed E-state index contributed by atoms with van der Waals surface area (Å²) in [6, 6.07) is 3.63. The van der Waals surface area contributed by atoms with Gasteiger partial charge in [-0.1, -0.05) is 0 Å². The van der Waals surface area contributed by atoms with E-state index in [0.717, 1.165) is 30.5 Å². The van der Waals surface area contributed by atoms with Crippen LogP contribution in [0, 0.1) is 17.5 Å². The van der Waals surface area contributed by atoms with Crippen molar-refractivity contribution in [3.8, 4) is 0 Å². The molecule has 0 aliphatic heterocycles. The van der Waals surface area contributed by atoms with Gasteiger partial charge >= 0.3 is 0 Å². The van der Waals surface area contributed by atoms with E-state index in [9.17, 15) is 18.0 Å². The molecule has 0 spiro atoms. The van der Waals surface area contributed by atoms with E-state index in [1.165, 1.54) is 0 Å². The van der Waals surface area contributed by atoms with E-state index >= 15 is 0 Å². The molecule has 0 atom stereocenters. The van der Waals surface area contributed by atoms with E-state index in [0.29, 0.717) is 6.54 Å². The van der Waals surface area contributed by atoms with Gasteiger partial charge in [0.2, 0.25) is 0 Å². The number of amides is 1. The fourth-order valence-corrected chi connectivity index (χ4v) is 1.70. The minimum Gasteiger partial charge on any atom is -0.370 e. The van der Waals surface area contributed by atoms with Gasteiger partial charge in [0.25, 0.3) is 5.91 Å². The second kappa shape index (κ2) is 6.25. The topological polar surface area (TPSA) is 54.0 Å². The summed E-state index contributed by atoms with van der Waals surface area (Å²) in [6.45, 7) is 2.24. The highest BCUT2D eigenvalue weighted by Crippen LogP contribution is 2.19. The van der Waals surface area contributed by atoms with Crippen LogP contribution in [0.3, 0.4) is 0 Å². The molecule has 2 aromatic rings. The van der Waals surface area contributed by atoms with Crippen LogP contribution in [0.1, 0.15) is 17.3 Å². The number of hydrogen-bond acceptors (Lipinski definition) is 3. The van der Waals surface area contributed by atoms with E-state index in [2.05, 4.69) is 15.6 Å². The van der Waals surface area contributed by atoms with Crippen molar-refractivity contribution < 1.29 is 18.0 Å². The summed E-state index contributed by atoms with van der Waals surface area (Å²) in [7, 11) is 0. The number of nitrogens with one attached hydrogen (secondary N) is 2. The first-order valence-electron chi connectivity index (χ1n) is 6.17. The highest BCUT2D eigenvalue weighted by molar-refractivity contribution is 6.07. The van der Waals surface area contributed by atoms with Crippen molar-refractivity contribution in [3.63, 3.8) is 0 Å². The molecule has 2 rings (SSSR count). The number of halogens is 3. The van der Waals surface area contributed by atoms with Crippen LogP contribution in [0.4, 0.5) is 24.7 Å². The third kappa shape index (κ3) is 3.50. The Morgan fingerprint density at radius 2 is 1.95 bits per heavy atom. The lowest BCUT2D eigenvalue weighted by atomic mass is 10.2. The minimum absolute atomic E-state index is 0.0967. The maximum atomic E-state index is 13.5. The summed E-state index contributed by atoms with van der Waals surface area (Å²) in [4.78, 5) is 15.8. The highest BCUT2D eigenvalue weighted by Gasteiger charge is 2.16. The molecule has 7 heteroatoms. The molecule has 1 aromatic carbocycles. The van der Waals surface area contributed by atoms with Gasteiger partial charge in [0.05, 0.1) is 17.4 Å². The lowest BCUT2D eigenvalue weighted by Gasteiger charge is -2.11. The largest absolute Gasteiger partial charge is 0.370 e. The van der Waals surface area contributed by atoms with Gasteiger partial charge in [-0.15, -0.1) is 0 Å². The average Bonchev–Trinajstić information content (AvgIpc) is 2.45. The zero-order chi connectivity index (χ0) is 15.4. The smallest absolute Gasteiger partial charge is 0.259 e. The zero-order valence-corrected chi connectivity index (χ0v) is 11.1. The van der Waals surface area contributed by atoms with Crippen molar-refractivity contribution in [2.24, 2.45) is 0 Å². The number of carbonyl (C=O) groups excluding carboxylic acids is 1. The molecule has 110 valence electrons. The van der Waals surface area contributed by atoms with E-state index in [1.54, 1.807) is 6.92 Å². The van der Waals surface area contributed by atoms with Gasteiger partial charge < -0.3 is 10.6 Å². The molecule has 21 heavy (non-hydrogen) atoms. The van der Waals surface area contributed by atoms with E-state index in [1.807, 2.05) is 0 Å². The Balaban J connectivity index is 2.31. The van der Waals surface area contributed by atoms with Crippen LogP contribution in [0.5, 0.6) is 0 Å². The molecule has 1 amide bonds. The maximum Gasteiger partial charge on any atom is 0.259 e. The predicted octanol–water partition coefficient (Wildman–Crippen LogP) is 3.18. The summed E-state index contributed by atoms with van der Waals surface area (Å²) in [5.41, 5.74) is -0.424. The van der Waals surface area contributed by atoms with Gasteiger partial charge in [0, 0.05) is 12.6 Å². The van der Waals surface area contributed by atoms with Crippen LogP contribution in [0.15, 0.2) is 30.5 Å². The fourth-order valence-electron chi connectivity index (χ4n) is 1.70. The van der Waals surface area contributed by atoms with Gasteiger partial charge in [0.1, 0.15) is 23.3 Å². The van der Waals surface area contributed by atoms with Crippen molar-refractivity contribution >= 4 is 17.4 Å². The minimum atomic E-state index is -0.792. The zero-order valence-electron chi connectivity index (χ0n) is 11.1. The molecule has 0 aliphatic rings. The first kappa shape index (κ1) is 14.8. The second-order valence-electron chi connectivity index (χ2n) is 4.16. The number of pyridine rings is 1. The molecule has 1 heterocycles. The van der Waals surface area contributed by atoms with Crippen molar-refractivity contribution in [1.29, 1.82) is 0 Å². The molecular weight excluding hydrogens is 283 g/mol. The molecule has 4 nitrogen and oxygen atoms in total. The Bertz CT molecular complexity index is 677. The lowest BCUT2D eigenvalue weighted by molar-refractivity contribution is 0.102. The van der Waals surface area contributed by atoms with Crippen molar-refractivity contribution in [2.45, 2.75) is 6.92 Å². The summed E-state index contributed by atoms with van der Waals surface area (Å²) in [5.74, 6) is -2.83. The Morgan fingerprint density at radius 3 is 2.67 bits per heavy atom. The number of rotatable bonds is 4. The van der Waals surface area contributed by atoms with E-state index < -0.39 is 23.4 Å². The highest BCUT2D eigenvalue weighted by atomic mass is 19.1. The van der Waals surface area contributed by atoms with Gasteiger partial charge in [-0.2, -0.15) is 0 Å². The van der Waals surface area contributed by atoms with Crippen LogP contribution in [-0.4, -0.2) is 17.4 Å². The summed E-state index contributed by atoms with van der Waals surface area (Å²) >= 11 is 0. The van der Waals surface area contributed by atoms with E-state index in [4.69, 9.17) is 0 Å². The summed E-state index contributed by atoms with van der Waals surface area (Å²) < 4.78 is 39.8. The second-order valence-corrected chi connectivity index (χ2v) is 4.16. The van der Waals surface area contributed by atoms with Crippen LogP contribution in [0.2, 0.25) is 0 Å². The number of hydrogen-bond donors (Lipinski definition) is 2. The van der Waals surface area contributed by atoms with Gasteiger partial charge in [0.15, 0.2) is 0 Å². The van der Waals surface area contributed by atoms with E-state index in [-0.39, 0.29) is 17.1 Å². The van der Waals surface area contributed by atoms with Crippen LogP contribution >= 0.6 is 0 Å². The molecule has 1 aromatic heterocycles. The number of nitrogens with zero attached hydrogens (tertiary/aromatic N) is 1. The Labute approximate surface area is 119 Å².